The second-order valence-electron chi connectivity index (χ2n) is 8.27. The van der Waals surface area contributed by atoms with Crippen LogP contribution in [0.5, 0.6) is 0 Å². The molecule has 1 saturated carbocycles. The minimum atomic E-state index is -0.151. The molecular formula is C26H26N4O2S. The van der Waals surface area contributed by atoms with Gasteiger partial charge in [-0.15, -0.1) is 11.3 Å². The molecule has 1 aromatic heterocycles. The zero-order chi connectivity index (χ0) is 23.2. The molecule has 0 radical (unpaired) electrons. The number of carbonyl (C=O) groups excluding carboxylic acids is 2. The Hall–Kier alpha value is -3.47. The summed E-state index contributed by atoms with van der Waals surface area (Å²) in [6, 6.07) is 19.9. The number of rotatable bonds is 6. The fourth-order valence-electron chi connectivity index (χ4n) is 4.26. The van der Waals surface area contributed by atoms with Crippen molar-refractivity contribution in [2.45, 2.75) is 44.3 Å². The van der Waals surface area contributed by atoms with Gasteiger partial charge < -0.3 is 16.0 Å². The number of nitrogens with one attached hydrogen (secondary N) is 1. The summed E-state index contributed by atoms with van der Waals surface area (Å²) in [5, 5.41) is 13.9. The molecular weight excluding hydrogens is 432 g/mol. The number of hydrogen-bond acceptors (Lipinski definition) is 5. The molecule has 1 heterocycles. The summed E-state index contributed by atoms with van der Waals surface area (Å²) >= 11 is 1.39. The summed E-state index contributed by atoms with van der Waals surface area (Å²) in [5.74, 6) is -0.253. The zero-order valence-electron chi connectivity index (χ0n) is 18.2. The molecule has 2 unspecified atom stereocenters. The molecule has 2 atom stereocenters. The molecule has 7 heteroatoms. The molecule has 3 N–H and O–H groups in total. The van der Waals surface area contributed by atoms with Gasteiger partial charge in [0.2, 0.25) is 0 Å². The molecule has 1 aliphatic carbocycles. The molecule has 0 saturated heterocycles. The van der Waals surface area contributed by atoms with Crippen molar-refractivity contribution < 1.29 is 9.59 Å². The molecule has 4 rings (SSSR count). The maximum atomic E-state index is 13.5. The van der Waals surface area contributed by atoms with Crippen LogP contribution in [0.15, 0.2) is 66.0 Å². The molecule has 0 bridgehead atoms. The second kappa shape index (κ2) is 10.4. The van der Waals surface area contributed by atoms with Gasteiger partial charge in [-0.1, -0.05) is 31.0 Å². The summed E-state index contributed by atoms with van der Waals surface area (Å²) in [6.07, 6.45) is 3.85. The Morgan fingerprint density at radius 1 is 1.09 bits per heavy atom. The van der Waals surface area contributed by atoms with Crippen LogP contribution in [-0.2, 0) is 6.54 Å². The quantitative estimate of drug-likeness (QED) is 0.555. The number of thiophene rings is 1. The zero-order valence-corrected chi connectivity index (χ0v) is 19.1. The number of nitrogens with zero attached hydrogens (tertiary/aromatic N) is 2. The fraction of sp³-hybridized carbons (Fsp3) is 0.269. The number of nitrogens with two attached hydrogens (primary N) is 1. The van der Waals surface area contributed by atoms with Crippen molar-refractivity contribution in [2.75, 3.05) is 5.32 Å². The molecule has 33 heavy (non-hydrogen) atoms. The molecule has 2 aromatic carbocycles. The maximum absolute atomic E-state index is 13.5. The van der Waals surface area contributed by atoms with Gasteiger partial charge in [0.15, 0.2) is 0 Å². The Kier molecular flexibility index (Phi) is 7.18. The second-order valence-corrected chi connectivity index (χ2v) is 9.22. The van der Waals surface area contributed by atoms with Gasteiger partial charge in [-0.05, 0) is 66.2 Å². The number of anilines is 1. The molecule has 1 aliphatic rings. The summed E-state index contributed by atoms with van der Waals surface area (Å²) < 4.78 is 0. The predicted molar refractivity (Wildman–Crippen MR) is 130 cm³/mol. The number of benzene rings is 2. The van der Waals surface area contributed by atoms with Gasteiger partial charge >= 0.3 is 0 Å². The third-order valence-corrected chi connectivity index (χ3v) is 6.86. The SMILES string of the molecule is N#Cc1ccc(C(=O)N(Cc2cccc(NC(=O)c3cccs3)c2)C2CCCCC2N)cc1. The minimum Gasteiger partial charge on any atom is -0.330 e. The van der Waals surface area contributed by atoms with E-state index >= 15 is 0 Å². The lowest BCUT2D eigenvalue weighted by Gasteiger charge is -2.38. The van der Waals surface area contributed by atoms with Crippen LogP contribution in [0.1, 0.15) is 56.8 Å². The monoisotopic (exact) mass is 458 g/mol. The first-order chi connectivity index (χ1) is 16.0. The van der Waals surface area contributed by atoms with E-state index in [2.05, 4.69) is 11.4 Å². The molecule has 1 fully saturated rings. The van der Waals surface area contributed by atoms with Crippen LogP contribution < -0.4 is 11.1 Å². The molecule has 2 amide bonds. The number of nitriles is 1. The van der Waals surface area contributed by atoms with E-state index in [-0.39, 0.29) is 23.9 Å². The Balaban J connectivity index is 1.57. The third-order valence-electron chi connectivity index (χ3n) is 5.99. The van der Waals surface area contributed by atoms with E-state index in [1.165, 1.54) is 11.3 Å². The van der Waals surface area contributed by atoms with Gasteiger partial charge in [0.25, 0.3) is 11.8 Å². The first-order valence-corrected chi connectivity index (χ1v) is 11.9. The van der Waals surface area contributed by atoms with Gasteiger partial charge in [0, 0.05) is 29.9 Å². The van der Waals surface area contributed by atoms with Crippen molar-refractivity contribution >= 4 is 28.8 Å². The summed E-state index contributed by atoms with van der Waals surface area (Å²) in [5.41, 5.74) is 9.10. The van der Waals surface area contributed by atoms with E-state index in [1.54, 1.807) is 30.3 Å². The van der Waals surface area contributed by atoms with Crippen molar-refractivity contribution in [1.29, 1.82) is 5.26 Å². The molecule has 168 valence electrons. The van der Waals surface area contributed by atoms with Crippen molar-refractivity contribution in [2.24, 2.45) is 5.73 Å². The van der Waals surface area contributed by atoms with Crippen molar-refractivity contribution in [3.05, 3.63) is 87.6 Å². The highest BCUT2D eigenvalue weighted by atomic mass is 32.1. The van der Waals surface area contributed by atoms with Gasteiger partial charge in [-0.25, -0.2) is 0 Å². The van der Waals surface area contributed by atoms with Crippen molar-refractivity contribution in [3.63, 3.8) is 0 Å². The van der Waals surface area contributed by atoms with E-state index in [9.17, 15) is 9.59 Å². The van der Waals surface area contributed by atoms with E-state index in [0.29, 0.717) is 28.2 Å². The van der Waals surface area contributed by atoms with E-state index in [0.717, 1.165) is 31.2 Å². The minimum absolute atomic E-state index is 0.0636. The lowest BCUT2D eigenvalue weighted by molar-refractivity contribution is 0.0583. The Bertz CT molecular complexity index is 1150. The average Bonchev–Trinajstić information content (AvgIpc) is 3.38. The highest BCUT2D eigenvalue weighted by molar-refractivity contribution is 7.12. The number of hydrogen-bond donors (Lipinski definition) is 2. The standard InChI is InChI=1S/C26H26N4O2S/c27-16-18-10-12-20(13-11-18)26(32)30(23-8-2-1-7-22(23)28)17-19-5-3-6-21(15-19)29-25(31)24-9-4-14-33-24/h3-6,9-15,22-23H,1-2,7-8,17,28H2,(H,29,31). The van der Waals surface area contributed by atoms with E-state index in [1.807, 2.05) is 40.6 Å². The third kappa shape index (κ3) is 5.48. The lowest BCUT2D eigenvalue weighted by Crippen LogP contribution is -2.51. The van der Waals surface area contributed by atoms with Gasteiger partial charge in [-0.2, -0.15) is 5.26 Å². The molecule has 0 spiro atoms. The van der Waals surface area contributed by atoms with Crippen LogP contribution in [0, 0.1) is 11.3 Å². The summed E-state index contributed by atoms with van der Waals surface area (Å²) in [6.45, 7) is 0.389. The van der Waals surface area contributed by atoms with Gasteiger partial charge in [0.05, 0.1) is 16.5 Å². The predicted octanol–water partition coefficient (Wildman–Crippen LogP) is 4.78. The number of carbonyl (C=O) groups is 2. The molecule has 0 aliphatic heterocycles. The van der Waals surface area contributed by atoms with Crippen LogP contribution >= 0.6 is 11.3 Å². The Morgan fingerprint density at radius 3 is 2.58 bits per heavy atom. The van der Waals surface area contributed by atoms with Crippen molar-refractivity contribution in [1.82, 2.24) is 4.90 Å². The number of amides is 2. The molecule has 3 aromatic rings. The van der Waals surface area contributed by atoms with Crippen LogP contribution in [0.4, 0.5) is 5.69 Å². The van der Waals surface area contributed by atoms with E-state index in [4.69, 9.17) is 11.0 Å². The largest absolute Gasteiger partial charge is 0.330 e. The fourth-order valence-corrected chi connectivity index (χ4v) is 4.88. The van der Waals surface area contributed by atoms with Crippen LogP contribution in [-0.4, -0.2) is 28.8 Å². The molecule has 6 nitrogen and oxygen atoms in total. The highest BCUT2D eigenvalue weighted by Gasteiger charge is 2.31. The first-order valence-electron chi connectivity index (χ1n) is 11.1. The normalized spacial score (nSPS) is 17.7. The highest BCUT2D eigenvalue weighted by Crippen LogP contribution is 2.26. The van der Waals surface area contributed by atoms with Crippen molar-refractivity contribution in [3.8, 4) is 6.07 Å². The Morgan fingerprint density at radius 2 is 1.88 bits per heavy atom. The first kappa shape index (κ1) is 22.7. The smallest absolute Gasteiger partial charge is 0.265 e. The summed E-state index contributed by atoms with van der Waals surface area (Å²) in [7, 11) is 0. The van der Waals surface area contributed by atoms with Crippen LogP contribution in [0.3, 0.4) is 0 Å². The van der Waals surface area contributed by atoms with Crippen LogP contribution in [0.25, 0.3) is 0 Å². The van der Waals surface area contributed by atoms with Gasteiger partial charge in [0.1, 0.15) is 0 Å². The lowest BCUT2D eigenvalue weighted by atomic mass is 9.89. The maximum Gasteiger partial charge on any atom is 0.265 e. The average molecular weight is 459 g/mol. The summed E-state index contributed by atoms with van der Waals surface area (Å²) in [4.78, 5) is 28.5. The van der Waals surface area contributed by atoms with Gasteiger partial charge in [-0.3, -0.25) is 9.59 Å². The van der Waals surface area contributed by atoms with Crippen LogP contribution in [0.2, 0.25) is 0 Å². The Labute approximate surface area is 197 Å². The van der Waals surface area contributed by atoms with E-state index < -0.39 is 0 Å². The topological polar surface area (TPSA) is 99.2 Å².